The number of aliphatic hydroxyl groups is 1. The first-order valence-corrected chi connectivity index (χ1v) is 7.50. The number of hydrogen-bond acceptors (Lipinski definition) is 2. The summed E-state index contributed by atoms with van der Waals surface area (Å²) in [6, 6.07) is 4.55. The first-order chi connectivity index (χ1) is 10.0. The fourth-order valence-electron chi connectivity index (χ4n) is 3.20. The average Bonchev–Trinajstić information content (AvgIpc) is 3.23. The molecule has 0 radical (unpaired) electrons. The molecule has 2 amide bonds. The van der Waals surface area contributed by atoms with E-state index < -0.39 is 5.54 Å². The molecule has 21 heavy (non-hydrogen) atoms. The molecule has 0 spiro atoms. The van der Waals surface area contributed by atoms with Crippen LogP contribution in [0.5, 0.6) is 0 Å². The molecular formula is C16H21FN2O2. The van der Waals surface area contributed by atoms with Crippen LogP contribution in [0.3, 0.4) is 0 Å². The van der Waals surface area contributed by atoms with Crippen molar-refractivity contribution in [1.29, 1.82) is 0 Å². The first kappa shape index (κ1) is 14.3. The predicted octanol–water partition coefficient (Wildman–Crippen LogP) is 2.27. The van der Waals surface area contributed by atoms with E-state index in [-0.39, 0.29) is 24.5 Å². The normalized spacial score (nSPS) is 23.3. The Morgan fingerprint density at radius 3 is 2.86 bits per heavy atom. The summed E-state index contributed by atoms with van der Waals surface area (Å²) in [5.74, 6) is 0.150. The summed E-state index contributed by atoms with van der Waals surface area (Å²) >= 11 is 0. The largest absolute Gasteiger partial charge is 0.394 e. The summed E-state index contributed by atoms with van der Waals surface area (Å²) < 4.78 is 13.7. The Hall–Kier alpha value is -1.62. The molecule has 2 unspecified atom stereocenters. The number of hydrogen-bond donors (Lipinski definition) is 3. The third-order valence-electron chi connectivity index (χ3n) is 4.72. The summed E-state index contributed by atoms with van der Waals surface area (Å²) in [4.78, 5) is 12.2. The van der Waals surface area contributed by atoms with Gasteiger partial charge in [-0.2, -0.15) is 0 Å². The number of carbonyl (C=O) groups excluding carboxylic acids is 1. The van der Waals surface area contributed by atoms with Crippen LogP contribution < -0.4 is 10.6 Å². The number of fused-ring (bicyclic) bond motifs is 1. The van der Waals surface area contributed by atoms with Gasteiger partial charge in [-0.15, -0.1) is 0 Å². The van der Waals surface area contributed by atoms with Crippen molar-refractivity contribution >= 4 is 6.03 Å². The average molecular weight is 292 g/mol. The van der Waals surface area contributed by atoms with Crippen LogP contribution in [0.15, 0.2) is 18.2 Å². The van der Waals surface area contributed by atoms with Crippen LogP contribution in [0.4, 0.5) is 9.18 Å². The highest BCUT2D eigenvalue weighted by Gasteiger charge is 2.42. The van der Waals surface area contributed by atoms with Gasteiger partial charge >= 0.3 is 6.03 Å². The van der Waals surface area contributed by atoms with Gasteiger partial charge in [0.1, 0.15) is 5.82 Å². The van der Waals surface area contributed by atoms with Gasteiger partial charge in [0, 0.05) is 0 Å². The number of aliphatic hydroxyl groups excluding tert-OH is 1. The Morgan fingerprint density at radius 2 is 2.19 bits per heavy atom. The van der Waals surface area contributed by atoms with Gasteiger partial charge in [-0.25, -0.2) is 9.18 Å². The van der Waals surface area contributed by atoms with E-state index in [0.717, 1.165) is 18.4 Å². The fourth-order valence-corrected chi connectivity index (χ4v) is 3.20. The number of nitrogens with one attached hydrogen (secondary N) is 2. The van der Waals surface area contributed by atoms with Crippen molar-refractivity contribution in [3.63, 3.8) is 0 Å². The Labute approximate surface area is 123 Å². The van der Waals surface area contributed by atoms with E-state index in [1.165, 1.54) is 6.07 Å². The van der Waals surface area contributed by atoms with E-state index >= 15 is 0 Å². The van der Waals surface area contributed by atoms with Gasteiger partial charge in [-0.3, -0.25) is 0 Å². The molecule has 0 aromatic heterocycles. The van der Waals surface area contributed by atoms with Crippen molar-refractivity contribution in [1.82, 2.24) is 10.6 Å². The van der Waals surface area contributed by atoms with Crippen LogP contribution in [-0.2, 0) is 6.42 Å². The van der Waals surface area contributed by atoms with E-state index in [4.69, 9.17) is 0 Å². The van der Waals surface area contributed by atoms with E-state index in [2.05, 4.69) is 10.6 Å². The number of urea groups is 1. The molecule has 1 aromatic rings. The van der Waals surface area contributed by atoms with Crippen LogP contribution in [0.1, 0.15) is 43.4 Å². The second kappa shape index (κ2) is 5.30. The molecule has 5 heteroatoms. The second-order valence-electron chi connectivity index (χ2n) is 6.35. The minimum Gasteiger partial charge on any atom is -0.394 e. The maximum absolute atomic E-state index is 13.7. The van der Waals surface area contributed by atoms with E-state index in [1.807, 2.05) is 13.0 Å². The minimum absolute atomic E-state index is 0.0685. The summed E-state index contributed by atoms with van der Waals surface area (Å²) in [5, 5.41) is 15.3. The van der Waals surface area contributed by atoms with Crippen LogP contribution in [0, 0.1) is 11.7 Å². The Balaban J connectivity index is 1.66. The highest BCUT2D eigenvalue weighted by molar-refractivity contribution is 5.75. The van der Waals surface area contributed by atoms with Crippen molar-refractivity contribution in [2.24, 2.45) is 5.92 Å². The lowest BCUT2D eigenvalue weighted by molar-refractivity contribution is 0.154. The Morgan fingerprint density at radius 1 is 1.43 bits per heavy atom. The molecule has 2 aliphatic carbocycles. The van der Waals surface area contributed by atoms with E-state index in [0.29, 0.717) is 24.3 Å². The quantitative estimate of drug-likeness (QED) is 0.797. The van der Waals surface area contributed by atoms with Gasteiger partial charge in [0.2, 0.25) is 0 Å². The summed E-state index contributed by atoms with van der Waals surface area (Å²) in [5.41, 5.74) is 1.00. The lowest BCUT2D eigenvalue weighted by Crippen LogP contribution is -2.54. The number of amides is 2. The smallest absolute Gasteiger partial charge is 0.315 e. The van der Waals surface area contributed by atoms with Crippen LogP contribution in [-0.4, -0.2) is 23.3 Å². The van der Waals surface area contributed by atoms with Gasteiger partial charge in [0.25, 0.3) is 0 Å². The molecule has 1 fully saturated rings. The monoisotopic (exact) mass is 292 g/mol. The van der Waals surface area contributed by atoms with Crippen molar-refractivity contribution in [3.8, 4) is 0 Å². The SMILES string of the molecule is CC(CO)(NC(=O)NC1CCc2c(F)cccc21)C1CC1. The number of rotatable bonds is 4. The Bertz CT molecular complexity index is 559. The van der Waals surface area contributed by atoms with Gasteiger partial charge in [0.05, 0.1) is 18.2 Å². The van der Waals surface area contributed by atoms with Crippen LogP contribution in [0.2, 0.25) is 0 Å². The molecule has 0 heterocycles. The van der Waals surface area contributed by atoms with Crippen LogP contribution in [0.25, 0.3) is 0 Å². The van der Waals surface area contributed by atoms with Crippen molar-refractivity contribution < 1.29 is 14.3 Å². The zero-order chi connectivity index (χ0) is 15.0. The van der Waals surface area contributed by atoms with Gasteiger partial charge in [0.15, 0.2) is 0 Å². The standard InChI is InChI=1S/C16H21FN2O2/c1-16(9-20,10-5-6-10)19-15(21)18-14-8-7-11-12(14)3-2-4-13(11)17/h2-4,10,14,20H,5-9H2,1H3,(H2,18,19,21). The third-order valence-corrected chi connectivity index (χ3v) is 4.72. The maximum Gasteiger partial charge on any atom is 0.315 e. The minimum atomic E-state index is -0.562. The highest BCUT2D eigenvalue weighted by atomic mass is 19.1. The predicted molar refractivity (Wildman–Crippen MR) is 77.3 cm³/mol. The molecule has 0 saturated heterocycles. The molecular weight excluding hydrogens is 271 g/mol. The number of halogens is 1. The lowest BCUT2D eigenvalue weighted by atomic mass is 9.97. The summed E-state index contributed by atoms with van der Waals surface area (Å²) in [6.45, 7) is 1.80. The molecule has 1 saturated carbocycles. The molecule has 114 valence electrons. The maximum atomic E-state index is 13.7. The van der Waals surface area contributed by atoms with E-state index in [9.17, 15) is 14.3 Å². The van der Waals surface area contributed by atoms with Crippen LogP contribution >= 0.6 is 0 Å². The van der Waals surface area contributed by atoms with Crippen molar-refractivity contribution in [2.75, 3.05) is 6.61 Å². The van der Waals surface area contributed by atoms with Crippen molar-refractivity contribution in [3.05, 3.63) is 35.1 Å². The first-order valence-electron chi connectivity index (χ1n) is 7.50. The number of benzene rings is 1. The lowest BCUT2D eigenvalue weighted by Gasteiger charge is -2.29. The van der Waals surface area contributed by atoms with E-state index in [1.54, 1.807) is 6.07 Å². The molecule has 0 aliphatic heterocycles. The molecule has 3 rings (SSSR count). The second-order valence-corrected chi connectivity index (χ2v) is 6.35. The van der Waals surface area contributed by atoms with Gasteiger partial charge in [-0.1, -0.05) is 12.1 Å². The third kappa shape index (κ3) is 2.75. The topological polar surface area (TPSA) is 61.4 Å². The molecule has 2 atom stereocenters. The molecule has 0 bridgehead atoms. The molecule has 2 aliphatic rings. The summed E-state index contributed by atoms with van der Waals surface area (Å²) in [7, 11) is 0. The number of carbonyl (C=O) groups is 1. The fraction of sp³-hybridized carbons (Fsp3) is 0.562. The van der Waals surface area contributed by atoms with Gasteiger partial charge < -0.3 is 15.7 Å². The zero-order valence-corrected chi connectivity index (χ0v) is 12.2. The highest BCUT2D eigenvalue weighted by Crippen LogP contribution is 2.39. The zero-order valence-electron chi connectivity index (χ0n) is 12.2. The Kier molecular flexibility index (Phi) is 3.61. The van der Waals surface area contributed by atoms with Crippen molar-refractivity contribution in [2.45, 2.75) is 44.2 Å². The summed E-state index contributed by atoms with van der Waals surface area (Å²) in [6.07, 6.45) is 3.43. The van der Waals surface area contributed by atoms with Gasteiger partial charge in [-0.05, 0) is 55.7 Å². The molecule has 4 nitrogen and oxygen atoms in total. The molecule has 3 N–H and O–H groups in total. The molecule has 1 aromatic carbocycles.